The van der Waals surface area contributed by atoms with E-state index in [2.05, 4.69) is 48.6 Å². The van der Waals surface area contributed by atoms with E-state index in [0.29, 0.717) is 5.88 Å². The van der Waals surface area contributed by atoms with Gasteiger partial charge in [-0.15, -0.1) is 11.6 Å². The van der Waals surface area contributed by atoms with Crippen molar-refractivity contribution in [3.63, 3.8) is 0 Å². The van der Waals surface area contributed by atoms with Crippen molar-refractivity contribution in [3.05, 3.63) is 32.4 Å². The number of halogens is 2. The van der Waals surface area contributed by atoms with Gasteiger partial charge in [-0.25, -0.2) is 0 Å². The Morgan fingerprint density at radius 3 is 2.09 bits per heavy atom. The molecule has 0 aliphatic carbocycles. The van der Waals surface area contributed by atoms with Crippen LogP contribution in [0.15, 0.2) is 12.1 Å². The summed E-state index contributed by atoms with van der Waals surface area (Å²) in [5.74, 6) is 0.610. The average molecular weight is 281 g/mol. The van der Waals surface area contributed by atoms with Gasteiger partial charge in [-0.3, -0.25) is 0 Å². The fourth-order valence-corrected chi connectivity index (χ4v) is 1.58. The Morgan fingerprint density at radius 1 is 1.27 bits per heavy atom. The Morgan fingerprint density at radius 2 is 1.73 bits per heavy atom. The molecule has 0 aliphatic heterocycles. The molecule has 0 saturated heterocycles. The van der Waals surface area contributed by atoms with E-state index < -0.39 is 0 Å². The second-order valence-electron chi connectivity index (χ2n) is 2.68. The van der Waals surface area contributed by atoms with Crippen molar-refractivity contribution < 1.29 is 0 Å². The molecule has 0 spiro atoms. The molecular formula is C9H10ClI. The first-order valence-electron chi connectivity index (χ1n) is 3.46. The molecule has 0 atom stereocenters. The smallest absolute Gasteiger partial charge is 0.0474 e. The Balaban J connectivity index is 3.21. The maximum atomic E-state index is 5.72. The summed E-state index contributed by atoms with van der Waals surface area (Å²) in [4.78, 5) is 0. The largest absolute Gasteiger partial charge is 0.122 e. The van der Waals surface area contributed by atoms with E-state index in [0.717, 1.165) is 0 Å². The van der Waals surface area contributed by atoms with Gasteiger partial charge in [-0.2, -0.15) is 0 Å². The van der Waals surface area contributed by atoms with Crippen LogP contribution in [0.3, 0.4) is 0 Å². The molecule has 0 heterocycles. The van der Waals surface area contributed by atoms with Crippen molar-refractivity contribution >= 4 is 34.2 Å². The van der Waals surface area contributed by atoms with Crippen LogP contribution in [0.1, 0.15) is 16.7 Å². The molecule has 0 aliphatic rings. The summed E-state index contributed by atoms with van der Waals surface area (Å²) in [7, 11) is 0. The first-order valence-corrected chi connectivity index (χ1v) is 5.08. The van der Waals surface area contributed by atoms with Gasteiger partial charge in [0.15, 0.2) is 0 Å². The van der Waals surface area contributed by atoms with Crippen LogP contribution in [-0.2, 0) is 5.88 Å². The highest BCUT2D eigenvalue weighted by molar-refractivity contribution is 14.1. The van der Waals surface area contributed by atoms with E-state index in [1.165, 1.54) is 20.3 Å². The zero-order chi connectivity index (χ0) is 8.43. The van der Waals surface area contributed by atoms with Gasteiger partial charge in [0, 0.05) is 9.45 Å². The van der Waals surface area contributed by atoms with Gasteiger partial charge in [0.2, 0.25) is 0 Å². The monoisotopic (exact) mass is 280 g/mol. The minimum Gasteiger partial charge on any atom is -0.122 e. The van der Waals surface area contributed by atoms with Crippen molar-refractivity contribution in [2.75, 3.05) is 0 Å². The fourth-order valence-electron chi connectivity index (χ4n) is 1.11. The molecule has 0 nitrogen and oxygen atoms in total. The van der Waals surface area contributed by atoms with Crippen LogP contribution in [0, 0.1) is 17.4 Å². The summed E-state index contributed by atoms with van der Waals surface area (Å²) in [6.07, 6.45) is 0. The first-order chi connectivity index (χ1) is 5.15. The lowest BCUT2D eigenvalue weighted by Crippen LogP contribution is -1.88. The topological polar surface area (TPSA) is 0 Å². The highest BCUT2D eigenvalue weighted by atomic mass is 127. The van der Waals surface area contributed by atoms with Crippen molar-refractivity contribution in [2.24, 2.45) is 0 Å². The number of aryl methyl sites for hydroxylation is 2. The minimum absolute atomic E-state index is 0.610. The van der Waals surface area contributed by atoms with Gasteiger partial charge in [-0.05, 0) is 53.1 Å². The lowest BCUT2D eigenvalue weighted by Gasteiger charge is -2.04. The Labute approximate surface area is 86.1 Å². The van der Waals surface area contributed by atoms with E-state index in [9.17, 15) is 0 Å². The summed E-state index contributed by atoms with van der Waals surface area (Å²) in [5, 5.41) is 0. The SMILES string of the molecule is Cc1cc(CCl)cc(C)c1I. The van der Waals surface area contributed by atoms with Crippen LogP contribution in [0.25, 0.3) is 0 Å². The molecule has 60 valence electrons. The summed E-state index contributed by atoms with van der Waals surface area (Å²) in [6.45, 7) is 4.23. The fraction of sp³-hybridized carbons (Fsp3) is 0.333. The zero-order valence-electron chi connectivity index (χ0n) is 6.62. The number of alkyl halides is 1. The standard InChI is InChI=1S/C9H10ClI/c1-6-3-8(5-10)4-7(2)9(6)11/h3-4H,5H2,1-2H3. The number of rotatable bonds is 1. The van der Waals surface area contributed by atoms with E-state index in [-0.39, 0.29) is 0 Å². The Hall–Kier alpha value is 0.240. The van der Waals surface area contributed by atoms with E-state index in [4.69, 9.17) is 11.6 Å². The Bertz CT molecular complexity index is 245. The highest BCUT2D eigenvalue weighted by Gasteiger charge is 2.00. The highest BCUT2D eigenvalue weighted by Crippen LogP contribution is 2.19. The lowest BCUT2D eigenvalue weighted by atomic mass is 10.1. The molecule has 1 rings (SSSR count). The van der Waals surface area contributed by atoms with Crippen LogP contribution >= 0.6 is 34.2 Å². The molecule has 0 amide bonds. The third kappa shape index (κ3) is 2.09. The van der Waals surface area contributed by atoms with Gasteiger partial charge in [0.25, 0.3) is 0 Å². The van der Waals surface area contributed by atoms with Gasteiger partial charge in [0.05, 0.1) is 0 Å². The lowest BCUT2D eigenvalue weighted by molar-refractivity contribution is 1.27. The maximum Gasteiger partial charge on any atom is 0.0474 e. The van der Waals surface area contributed by atoms with Crippen molar-refractivity contribution in [1.82, 2.24) is 0 Å². The molecule has 0 unspecified atom stereocenters. The molecule has 2 heteroatoms. The molecule has 11 heavy (non-hydrogen) atoms. The third-order valence-corrected chi connectivity index (χ3v) is 3.66. The second kappa shape index (κ2) is 3.76. The van der Waals surface area contributed by atoms with Crippen LogP contribution in [0.2, 0.25) is 0 Å². The van der Waals surface area contributed by atoms with E-state index in [1.807, 2.05) is 0 Å². The summed E-state index contributed by atoms with van der Waals surface area (Å²) < 4.78 is 1.34. The molecule has 1 aromatic rings. The molecule has 0 radical (unpaired) electrons. The van der Waals surface area contributed by atoms with Crippen molar-refractivity contribution in [1.29, 1.82) is 0 Å². The molecule has 0 fully saturated rings. The van der Waals surface area contributed by atoms with Crippen LogP contribution < -0.4 is 0 Å². The quantitative estimate of drug-likeness (QED) is 0.544. The average Bonchev–Trinajstić information content (AvgIpc) is 1.99. The van der Waals surface area contributed by atoms with Crippen LogP contribution in [0.4, 0.5) is 0 Å². The normalized spacial score (nSPS) is 10.2. The van der Waals surface area contributed by atoms with E-state index in [1.54, 1.807) is 0 Å². The molecule has 0 bridgehead atoms. The van der Waals surface area contributed by atoms with Gasteiger partial charge in [-0.1, -0.05) is 12.1 Å². The first kappa shape index (κ1) is 9.33. The predicted octanol–water partition coefficient (Wildman–Crippen LogP) is 3.65. The van der Waals surface area contributed by atoms with Gasteiger partial charge >= 0.3 is 0 Å². The van der Waals surface area contributed by atoms with E-state index >= 15 is 0 Å². The molecular weight excluding hydrogens is 270 g/mol. The number of hydrogen-bond acceptors (Lipinski definition) is 0. The maximum absolute atomic E-state index is 5.72. The molecule has 0 saturated carbocycles. The number of hydrogen-bond donors (Lipinski definition) is 0. The van der Waals surface area contributed by atoms with Gasteiger partial charge in [0.1, 0.15) is 0 Å². The molecule has 0 aromatic heterocycles. The number of benzene rings is 1. The van der Waals surface area contributed by atoms with Crippen LogP contribution in [0.5, 0.6) is 0 Å². The minimum atomic E-state index is 0.610. The van der Waals surface area contributed by atoms with Gasteiger partial charge < -0.3 is 0 Å². The molecule has 1 aromatic carbocycles. The summed E-state index contributed by atoms with van der Waals surface area (Å²) >= 11 is 8.08. The predicted molar refractivity (Wildman–Crippen MR) is 58.2 cm³/mol. The second-order valence-corrected chi connectivity index (χ2v) is 4.02. The molecule has 0 N–H and O–H groups in total. The van der Waals surface area contributed by atoms with Crippen LogP contribution in [-0.4, -0.2) is 0 Å². The third-order valence-electron chi connectivity index (χ3n) is 1.65. The zero-order valence-corrected chi connectivity index (χ0v) is 9.53. The Kier molecular flexibility index (Phi) is 3.19. The van der Waals surface area contributed by atoms with Crippen molar-refractivity contribution in [2.45, 2.75) is 19.7 Å². The summed E-state index contributed by atoms with van der Waals surface area (Å²) in [5.41, 5.74) is 3.85. The summed E-state index contributed by atoms with van der Waals surface area (Å²) in [6, 6.07) is 4.28. The van der Waals surface area contributed by atoms with Crippen molar-refractivity contribution in [3.8, 4) is 0 Å².